The second-order valence-corrected chi connectivity index (χ2v) is 5.22. The highest BCUT2D eigenvalue weighted by atomic mass is 16.5. The van der Waals surface area contributed by atoms with Crippen LogP contribution < -0.4 is 5.32 Å². The van der Waals surface area contributed by atoms with Gasteiger partial charge in [-0.1, -0.05) is 13.8 Å². The minimum absolute atomic E-state index is 0.570. The first-order valence-corrected chi connectivity index (χ1v) is 7.73. The van der Waals surface area contributed by atoms with E-state index in [1.807, 2.05) is 13.8 Å². The molecule has 1 atom stereocenters. The lowest BCUT2D eigenvalue weighted by atomic mass is 10.1. The Hall–Kier alpha value is -0.160. The van der Waals surface area contributed by atoms with Gasteiger partial charge in [0, 0.05) is 45.4 Å². The summed E-state index contributed by atoms with van der Waals surface area (Å²) >= 11 is 0. The molecule has 0 aliphatic carbocycles. The lowest BCUT2D eigenvalue weighted by molar-refractivity contribution is 0.0827. The van der Waals surface area contributed by atoms with Crippen molar-refractivity contribution < 1.29 is 9.47 Å². The molecule has 0 aliphatic rings. The van der Waals surface area contributed by atoms with Gasteiger partial charge in [-0.25, -0.2) is 0 Å². The first-order valence-electron chi connectivity index (χ1n) is 7.73. The van der Waals surface area contributed by atoms with E-state index in [2.05, 4.69) is 31.0 Å². The molecule has 116 valence electrons. The molecule has 0 radical (unpaired) electrons. The number of ether oxygens (including phenoxy) is 2. The third kappa shape index (κ3) is 11.4. The molecule has 0 saturated heterocycles. The molecular formula is C15H34N2O2. The third-order valence-corrected chi connectivity index (χ3v) is 3.41. The van der Waals surface area contributed by atoms with Crippen molar-refractivity contribution in [1.82, 2.24) is 10.2 Å². The summed E-state index contributed by atoms with van der Waals surface area (Å²) < 4.78 is 10.9. The van der Waals surface area contributed by atoms with Gasteiger partial charge in [0.15, 0.2) is 0 Å². The fraction of sp³-hybridized carbons (Fsp3) is 1.00. The van der Waals surface area contributed by atoms with Gasteiger partial charge >= 0.3 is 0 Å². The van der Waals surface area contributed by atoms with Crippen LogP contribution in [0.15, 0.2) is 0 Å². The van der Waals surface area contributed by atoms with E-state index in [0.29, 0.717) is 12.0 Å². The van der Waals surface area contributed by atoms with Crippen LogP contribution in [-0.4, -0.2) is 63.5 Å². The molecule has 4 nitrogen and oxygen atoms in total. The van der Waals surface area contributed by atoms with Gasteiger partial charge in [0.2, 0.25) is 0 Å². The van der Waals surface area contributed by atoms with Crippen molar-refractivity contribution in [3.63, 3.8) is 0 Å². The Balaban J connectivity index is 3.82. The van der Waals surface area contributed by atoms with Crippen LogP contribution >= 0.6 is 0 Å². The molecular weight excluding hydrogens is 240 g/mol. The fourth-order valence-electron chi connectivity index (χ4n) is 1.70. The molecule has 0 aliphatic heterocycles. The van der Waals surface area contributed by atoms with Gasteiger partial charge in [0.05, 0.1) is 13.2 Å². The predicted molar refractivity (Wildman–Crippen MR) is 81.7 cm³/mol. The maximum atomic E-state index is 5.43. The standard InChI is InChI=1S/C15H34N2O2/c1-6-18-12-10-17(11-13-19-7-2)9-8-16-15(5)14(3)4/h14-16H,6-13H2,1-5H3. The number of nitrogens with zero attached hydrogens (tertiary/aromatic N) is 1. The van der Waals surface area contributed by atoms with Gasteiger partial charge in [0.1, 0.15) is 0 Å². The normalized spacial score (nSPS) is 13.4. The van der Waals surface area contributed by atoms with E-state index in [4.69, 9.17) is 9.47 Å². The molecule has 19 heavy (non-hydrogen) atoms. The van der Waals surface area contributed by atoms with Crippen LogP contribution in [0.2, 0.25) is 0 Å². The van der Waals surface area contributed by atoms with Gasteiger partial charge in [0.25, 0.3) is 0 Å². The highest BCUT2D eigenvalue weighted by molar-refractivity contribution is 4.66. The first kappa shape index (κ1) is 18.8. The molecule has 0 rings (SSSR count). The summed E-state index contributed by atoms with van der Waals surface area (Å²) in [4.78, 5) is 2.41. The van der Waals surface area contributed by atoms with Crippen LogP contribution in [0.4, 0.5) is 0 Å². The summed E-state index contributed by atoms with van der Waals surface area (Å²) in [7, 11) is 0. The quantitative estimate of drug-likeness (QED) is 0.521. The monoisotopic (exact) mass is 274 g/mol. The van der Waals surface area contributed by atoms with Crippen molar-refractivity contribution in [2.45, 2.75) is 40.7 Å². The zero-order valence-electron chi connectivity index (χ0n) is 13.6. The molecule has 0 amide bonds. The topological polar surface area (TPSA) is 33.7 Å². The van der Waals surface area contributed by atoms with Crippen LogP contribution in [0.3, 0.4) is 0 Å². The van der Waals surface area contributed by atoms with E-state index < -0.39 is 0 Å². The molecule has 0 fully saturated rings. The van der Waals surface area contributed by atoms with Crippen molar-refractivity contribution in [3.8, 4) is 0 Å². The minimum Gasteiger partial charge on any atom is -0.380 e. The van der Waals surface area contributed by atoms with E-state index >= 15 is 0 Å². The third-order valence-electron chi connectivity index (χ3n) is 3.41. The van der Waals surface area contributed by atoms with E-state index in [1.165, 1.54) is 0 Å². The lowest BCUT2D eigenvalue weighted by Crippen LogP contribution is -2.40. The van der Waals surface area contributed by atoms with Gasteiger partial charge in [-0.15, -0.1) is 0 Å². The Kier molecular flexibility index (Phi) is 12.7. The summed E-state index contributed by atoms with van der Waals surface area (Å²) in [6.07, 6.45) is 0. The SMILES string of the molecule is CCOCCN(CCNC(C)C(C)C)CCOCC. The maximum Gasteiger partial charge on any atom is 0.0593 e. The van der Waals surface area contributed by atoms with Crippen molar-refractivity contribution in [2.24, 2.45) is 5.92 Å². The van der Waals surface area contributed by atoms with E-state index in [-0.39, 0.29) is 0 Å². The summed E-state index contributed by atoms with van der Waals surface area (Å²) in [5.74, 6) is 0.681. The van der Waals surface area contributed by atoms with Gasteiger partial charge in [-0.05, 0) is 26.7 Å². The molecule has 1 N–H and O–H groups in total. The minimum atomic E-state index is 0.570. The zero-order valence-corrected chi connectivity index (χ0v) is 13.6. The first-order chi connectivity index (χ1) is 9.11. The molecule has 0 bridgehead atoms. The van der Waals surface area contributed by atoms with E-state index in [0.717, 1.165) is 52.6 Å². The average molecular weight is 274 g/mol. The average Bonchev–Trinajstić information content (AvgIpc) is 2.38. The van der Waals surface area contributed by atoms with Gasteiger partial charge in [-0.2, -0.15) is 0 Å². The van der Waals surface area contributed by atoms with Gasteiger partial charge < -0.3 is 14.8 Å². The molecule has 0 spiro atoms. The van der Waals surface area contributed by atoms with Gasteiger partial charge in [-0.3, -0.25) is 4.90 Å². The highest BCUT2D eigenvalue weighted by Gasteiger charge is 2.08. The number of nitrogens with one attached hydrogen (secondary N) is 1. The number of rotatable bonds is 13. The van der Waals surface area contributed by atoms with Crippen molar-refractivity contribution in [1.29, 1.82) is 0 Å². The fourth-order valence-corrected chi connectivity index (χ4v) is 1.70. The summed E-state index contributed by atoms with van der Waals surface area (Å²) in [6.45, 7) is 18.1. The van der Waals surface area contributed by atoms with Crippen molar-refractivity contribution >= 4 is 0 Å². The maximum absolute atomic E-state index is 5.43. The van der Waals surface area contributed by atoms with Crippen LogP contribution in [0.25, 0.3) is 0 Å². The molecule has 0 saturated carbocycles. The van der Waals surface area contributed by atoms with Crippen LogP contribution in [0, 0.1) is 5.92 Å². The lowest BCUT2D eigenvalue weighted by Gasteiger charge is -2.24. The molecule has 0 aromatic carbocycles. The van der Waals surface area contributed by atoms with Crippen LogP contribution in [-0.2, 0) is 9.47 Å². The molecule has 0 aromatic heterocycles. The summed E-state index contributed by atoms with van der Waals surface area (Å²) in [5, 5.41) is 3.57. The Morgan fingerprint density at radius 3 is 1.84 bits per heavy atom. The molecule has 0 aromatic rings. The summed E-state index contributed by atoms with van der Waals surface area (Å²) in [5.41, 5.74) is 0. The second kappa shape index (κ2) is 12.9. The Morgan fingerprint density at radius 1 is 0.895 bits per heavy atom. The Labute approximate surface area is 119 Å². The Bertz CT molecular complexity index is 179. The predicted octanol–water partition coefficient (Wildman–Crippen LogP) is 2.00. The molecule has 0 heterocycles. The Morgan fingerprint density at radius 2 is 1.42 bits per heavy atom. The zero-order chi connectivity index (χ0) is 14.5. The van der Waals surface area contributed by atoms with Crippen LogP contribution in [0.5, 0.6) is 0 Å². The van der Waals surface area contributed by atoms with E-state index in [1.54, 1.807) is 0 Å². The summed E-state index contributed by atoms with van der Waals surface area (Å²) in [6, 6.07) is 0.570. The molecule has 1 unspecified atom stereocenters. The second-order valence-electron chi connectivity index (χ2n) is 5.22. The molecule has 4 heteroatoms. The smallest absolute Gasteiger partial charge is 0.0593 e. The van der Waals surface area contributed by atoms with Crippen LogP contribution in [0.1, 0.15) is 34.6 Å². The largest absolute Gasteiger partial charge is 0.380 e. The highest BCUT2D eigenvalue weighted by Crippen LogP contribution is 1.99. The van der Waals surface area contributed by atoms with Crippen molar-refractivity contribution in [2.75, 3.05) is 52.6 Å². The van der Waals surface area contributed by atoms with Crippen molar-refractivity contribution in [3.05, 3.63) is 0 Å². The number of hydrogen-bond acceptors (Lipinski definition) is 4. The van der Waals surface area contributed by atoms with E-state index in [9.17, 15) is 0 Å². The number of hydrogen-bond donors (Lipinski definition) is 1.